The third-order valence-corrected chi connectivity index (χ3v) is 1.87. The van der Waals surface area contributed by atoms with Crippen LogP contribution in [0, 0.1) is 0 Å². The van der Waals surface area contributed by atoms with Gasteiger partial charge in [-0.2, -0.15) is 13.2 Å². The summed E-state index contributed by atoms with van der Waals surface area (Å²) in [5.41, 5.74) is 0.315. The summed E-state index contributed by atoms with van der Waals surface area (Å²) in [4.78, 5) is 12.1. The first kappa shape index (κ1) is 13.1. The molecule has 7 heteroatoms. The number of hydrogen-bond donors (Lipinski definition) is 1. The average Bonchev–Trinajstić information content (AvgIpc) is 2.25. The maximum absolute atomic E-state index is 11.8. The molecule has 0 unspecified atom stereocenters. The molecule has 1 rings (SSSR count). The molecule has 1 amide bonds. The van der Waals surface area contributed by atoms with Crippen LogP contribution in [0.25, 0.3) is 0 Å². The van der Waals surface area contributed by atoms with Crippen LogP contribution in [0.4, 0.5) is 23.7 Å². The van der Waals surface area contributed by atoms with Crippen LogP contribution in [0.15, 0.2) is 24.3 Å². The average molecular weight is 249 g/mol. The summed E-state index contributed by atoms with van der Waals surface area (Å²) in [5.74, 6) is -0.00851. The predicted molar refractivity (Wildman–Crippen MR) is 53.9 cm³/mol. The van der Waals surface area contributed by atoms with Gasteiger partial charge in [0.2, 0.25) is 0 Å². The van der Waals surface area contributed by atoms with Gasteiger partial charge in [0, 0.05) is 12.7 Å². The molecule has 1 aromatic carbocycles. The third-order valence-electron chi connectivity index (χ3n) is 1.87. The number of hydrogen-bond acceptors (Lipinski definition) is 3. The smallest absolute Gasteiger partial charge is 0.422 e. The highest BCUT2D eigenvalue weighted by Crippen LogP contribution is 2.19. The monoisotopic (exact) mass is 249 g/mol. The molecule has 0 spiro atoms. The molecule has 1 aromatic rings. The van der Waals surface area contributed by atoms with Gasteiger partial charge in [-0.1, -0.05) is 0 Å². The number of phenolic OH excluding ortho intramolecular Hbond substituents is 1. The molecule has 0 aliphatic heterocycles. The van der Waals surface area contributed by atoms with Crippen LogP contribution in [-0.4, -0.2) is 31.0 Å². The molecule has 0 radical (unpaired) electrons. The second kappa shape index (κ2) is 4.94. The molecule has 4 nitrogen and oxygen atoms in total. The Hall–Kier alpha value is -1.92. The van der Waals surface area contributed by atoms with Gasteiger partial charge in [0.05, 0.1) is 0 Å². The Morgan fingerprint density at radius 3 is 2.35 bits per heavy atom. The van der Waals surface area contributed by atoms with Gasteiger partial charge in [-0.25, -0.2) is 4.79 Å². The summed E-state index contributed by atoms with van der Waals surface area (Å²) in [6.07, 6.45) is -5.67. The molecular weight excluding hydrogens is 239 g/mol. The van der Waals surface area contributed by atoms with Gasteiger partial charge in [0.25, 0.3) is 0 Å². The maximum Gasteiger partial charge on any atom is 0.422 e. The minimum absolute atomic E-state index is 0.00851. The highest BCUT2D eigenvalue weighted by Gasteiger charge is 2.30. The SMILES string of the molecule is CN(C(=O)OCC(F)(F)F)c1ccc(O)cc1. The first-order chi connectivity index (χ1) is 7.79. The zero-order chi connectivity index (χ0) is 13.1. The van der Waals surface area contributed by atoms with Crippen LogP contribution in [0.5, 0.6) is 5.75 Å². The molecule has 94 valence electrons. The second-order valence-electron chi connectivity index (χ2n) is 3.25. The summed E-state index contributed by atoms with van der Waals surface area (Å²) in [6, 6.07) is 5.38. The molecule has 0 atom stereocenters. The molecule has 0 bridgehead atoms. The van der Waals surface area contributed by atoms with Crippen molar-refractivity contribution >= 4 is 11.8 Å². The van der Waals surface area contributed by atoms with Crippen molar-refractivity contribution in [2.75, 3.05) is 18.6 Å². The van der Waals surface area contributed by atoms with E-state index in [4.69, 9.17) is 5.11 Å². The number of nitrogens with zero attached hydrogens (tertiary/aromatic N) is 1. The van der Waals surface area contributed by atoms with Crippen molar-refractivity contribution in [1.82, 2.24) is 0 Å². The van der Waals surface area contributed by atoms with E-state index in [2.05, 4.69) is 4.74 Å². The lowest BCUT2D eigenvalue weighted by Gasteiger charge is -2.17. The Morgan fingerprint density at radius 2 is 1.88 bits per heavy atom. The first-order valence-electron chi connectivity index (χ1n) is 4.56. The van der Waals surface area contributed by atoms with Crippen molar-refractivity contribution in [2.45, 2.75) is 6.18 Å². The Bertz CT molecular complexity index is 389. The van der Waals surface area contributed by atoms with E-state index in [1.807, 2.05) is 0 Å². The molecule has 17 heavy (non-hydrogen) atoms. The van der Waals surface area contributed by atoms with Crippen molar-refractivity contribution in [2.24, 2.45) is 0 Å². The largest absolute Gasteiger partial charge is 0.508 e. The van der Waals surface area contributed by atoms with Gasteiger partial charge < -0.3 is 9.84 Å². The van der Waals surface area contributed by atoms with Crippen LogP contribution in [0.2, 0.25) is 0 Å². The Labute approximate surface area is 95.2 Å². The topological polar surface area (TPSA) is 49.8 Å². The van der Waals surface area contributed by atoms with E-state index >= 15 is 0 Å². The highest BCUT2D eigenvalue weighted by molar-refractivity contribution is 5.86. The summed E-state index contributed by atoms with van der Waals surface area (Å²) in [5, 5.41) is 9.00. The number of carbonyl (C=O) groups is 1. The molecule has 0 saturated carbocycles. The van der Waals surface area contributed by atoms with Crippen LogP contribution >= 0.6 is 0 Å². The molecule has 0 aliphatic carbocycles. The standard InChI is InChI=1S/C10H10F3NO3/c1-14(7-2-4-8(15)5-3-7)9(16)17-6-10(11,12)13/h2-5,15H,6H2,1H3. The summed E-state index contributed by atoms with van der Waals surface area (Å²) >= 11 is 0. The quantitative estimate of drug-likeness (QED) is 0.876. The summed E-state index contributed by atoms with van der Waals surface area (Å²) < 4.78 is 39.5. The van der Waals surface area contributed by atoms with E-state index in [1.165, 1.54) is 31.3 Å². The van der Waals surface area contributed by atoms with Crippen molar-refractivity contribution in [3.8, 4) is 5.75 Å². The minimum Gasteiger partial charge on any atom is -0.508 e. The van der Waals surface area contributed by atoms with Gasteiger partial charge in [0.15, 0.2) is 6.61 Å². The molecule has 0 fully saturated rings. The van der Waals surface area contributed by atoms with Crippen molar-refractivity contribution in [1.29, 1.82) is 0 Å². The minimum atomic E-state index is -4.55. The molecular formula is C10H10F3NO3. The number of aromatic hydroxyl groups is 1. The second-order valence-corrected chi connectivity index (χ2v) is 3.25. The molecule has 0 heterocycles. The van der Waals surface area contributed by atoms with Gasteiger partial charge in [0.1, 0.15) is 5.75 Å². The lowest BCUT2D eigenvalue weighted by Crippen LogP contribution is -2.30. The predicted octanol–water partition coefficient (Wildman–Crippen LogP) is 2.53. The molecule has 0 aliphatic rings. The number of amides is 1. The normalized spacial score (nSPS) is 11.1. The number of anilines is 1. The van der Waals surface area contributed by atoms with Crippen molar-refractivity contribution in [3.05, 3.63) is 24.3 Å². The fourth-order valence-electron chi connectivity index (χ4n) is 1.02. The zero-order valence-electron chi connectivity index (χ0n) is 8.86. The summed E-state index contributed by atoms with van der Waals surface area (Å²) in [6.45, 7) is -1.63. The number of carbonyl (C=O) groups excluding carboxylic acids is 1. The van der Waals surface area contributed by atoms with E-state index in [1.54, 1.807) is 0 Å². The maximum atomic E-state index is 11.8. The van der Waals surface area contributed by atoms with Crippen molar-refractivity contribution < 1.29 is 27.8 Å². The van der Waals surface area contributed by atoms with Gasteiger partial charge in [-0.15, -0.1) is 0 Å². The number of rotatable bonds is 2. The highest BCUT2D eigenvalue weighted by atomic mass is 19.4. The fraction of sp³-hybridized carbons (Fsp3) is 0.300. The van der Waals surface area contributed by atoms with Crippen LogP contribution in [0.1, 0.15) is 0 Å². The van der Waals surface area contributed by atoms with E-state index < -0.39 is 18.9 Å². The number of ether oxygens (including phenoxy) is 1. The number of halogens is 3. The summed E-state index contributed by atoms with van der Waals surface area (Å²) in [7, 11) is 1.27. The third kappa shape index (κ3) is 4.21. The van der Waals surface area contributed by atoms with Crippen LogP contribution in [0.3, 0.4) is 0 Å². The van der Waals surface area contributed by atoms with E-state index in [9.17, 15) is 18.0 Å². The fourth-order valence-corrected chi connectivity index (χ4v) is 1.02. The van der Waals surface area contributed by atoms with E-state index in [0.29, 0.717) is 5.69 Å². The Morgan fingerprint density at radius 1 is 1.35 bits per heavy atom. The Balaban J connectivity index is 2.61. The number of alkyl halides is 3. The van der Waals surface area contributed by atoms with Gasteiger partial charge in [-0.3, -0.25) is 4.90 Å². The number of phenols is 1. The van der Waals surface area contributed by atoms with Crippen LogP contribution < -0.4 is 4.90 Å². The Kier molecular flexibility index (Phi) is 3.82. The molecule has 0 aromatic heterocycles. The molecule has 0 saturated heterocycles. The van der Waals surface area contributed by atoms with Gasteiger partial charge in [-0.05, 0) is 24.3 Å². The van der Waals surface area contributed by atoms with E-state index in [-0.39, 0.29) is 5.75 Å². The molecule has 1 N–H and O–H groups in total. The first-order valence-corrected chi connectivity index (χ1v) is 4.56. The van der Waals surface area contributed by atoms with Gasteiger partial charge >= 0.3 is 12.3 Å². The van der Waals surface area contributed by atoms with Crippen molar-refractivity contribution in [3.63, 3.8) is 0 Å². The van der Waals surface area contributed by atoms with E-state index in [0.717, 1.165) is 4.90 Å². The zero-order valence-corrected chi connectivity index (χ0v) is 8.86. The number of benzene rings is 1. The van der Waals surface area contributed by atoms with Crippen LogP contribution in [-0.2, 0) is 4.74 Å². The lowest BCUT2D eigenvalue weighted by molar-refractivity contribution is -0.159. The lowest BCUT2D eigenvalue weighted by atomic mass is 10.3.